The Morgan fingerprint density at radius 1 is 1.32 bits per heavy atom. The molecule has 0 bridgehead atoms. The molecule has 5 nitrogen and oxygen atoms in total. The summed E-state index contributed by atoms with van der Waals surface area (Å²) in [6.45, 7) is 5.37. The third-order valence-electron chi connectivity index (χ3n) is 2.21. The largest absolute Gasteiger partial charge is 0.388 e. The van der Waals surface area contributed by atoms with Crippen molar-refractivity contribution in [1.29, 1.82) is 0 Å². The van der Waals surface area contributed by atoms with Crippen LogP contribution in [-0.2, 0) is 10.0 Å². The molecule has 0 unspecified atom stereocenters. The predicted molar refractivity (Wildman–Crippen MR) is 78.8 cm³/mol. The maximum absolute atomic E-state index is 12.0. The first-order chi connectivity index (χ1) is 8.99. The van der Waals surface area contributed by atoms with Gasteiger partial charge in [-0.3, -0.25) is 4.72 Å². The summed E-state index contributed by atoms with van der Waals surface area (Å²) in [5.74, 6) is 0.0655. The molecular weight excluding hydrogens is 262 g/mol. The molecule has 2 N–H and O–H groups in total. The SMILES string of the molecule is C=C(N=C/C=C\C)NS(=O)(=O)c1ccc(NC)cc1. The predicted octanol–water partition coefficient (Wildman–Crippen LogP) is 2.12. The molecule has 0 aliphatic carbocycles. The number of nitrogens with one attached hydrogen (secondary N) is 2. The minimum atomic E-state index is -3.64. The number of anilines is 1. The Morgan fingerprint density at radius 3 is 2.47 bits per heavy atom. The second-order valence-corrected chi connectivity index (χ2v) is 5.31. The molecule has 0 aromatic heterocycles. The van der Waals surface area contributed by atoms with Crippen LogP contribution in [0.3, 0.4) is 0 Å². The van der Waals surface area contributed by atoms with E-state index in [1.165, 1.54) is 18.3 Å². The highest BCUT2D eigenvalue weighted by Crippen LogP contribution is 2.14. The van der Waals surface area contributed by atoms with Gasteiger partial charge in [-0.05, 0) is 37.3 Å². The van der Waals surface area contributed by atoms with Gasteiger partial charge in [0, 0.05) is 18.9 Å². The van der Waals surface area contributed by atoms with E-state index in [1.54, 1.807) is 31.3 Å². The van der Waals surface area contributed by atoms with Gasteiger partial charge in [-0.15, -0.1) is 0 Å². The monoisotopic (exact) mass is 279 g/mol. The van der Waals surface area contributed by atoms with Gasteiger partial charge < -0.3 is 5.32 Å². The van der Waals surface area contributed by atoms with Gasteiger partial charge in [0.25, 0.3) is 10.0 Å². The molecule has 0 aliphatic rings. The summed E-state index contributed by atoms with van der Waals surface area (Å²) in [5, 5.41) is 2.92. The molecule has 0 heterocycles. The van der Waals surface area contributed by atoms with E-state index in [2.05, 4.69) is 21.6 Å². The first-order valence-electron chi connectivity index (χ1n) is 5.64. The second kappa shape index (κ2) is 6.75. The molecule has 1 rings (SSSR count). The van der Waals surface area contributed by atoms with Crippen LogP contribution in [0.2, 0.25) is 0 Å². The van der Waals surface area contributed by atoms with E-state index in [9.17, 15) is 8.42 Å². The van der Waals surface area contributed by atoms with Crippen LogP contribution in [0.4, 0.5) is 5.69 Å². The summed E-state index contributed by atoms with van der Waals surface area (Å²) in [7, 11) is -1.87. The van der Waals surface area contributed by atoms with Gasteiger partial charge in [-0.2, -0.15) is 0 Å². The van der Waals surface area contributed by atoms with Gasteiger partial charge in [0.2, 0.25) is 0 Å². The number of benzene rings is 1. The Bertz CT molecular complexity index is 587. The van der Waals surface area contributed by atoms with E-state index >= 15 is 0 Å². The van der Waals surface area contributed by atoms with Gasteiger partial charge in [0.05, 0.1) is 4.90 Å². The molecule has 102 valence electrons. The molecule has 0 saturated carbocycles. The second-order valence-electron chi connectivity index (χ2n) is 3.63. The first-order valence-corrected chi connectivity index (χ1v) is 7.13. The minimum absolute atomic E-state index is 0.0655. The van der Waals surface area contributed by atoms with Crippen molar-refractivity contribution in [2.45, 2.75) is 11.8 Å². The number of aliphatic imine (C=N–C) groups is 1. The van der Waals surface area contributed by atoms with Crippen LogP contribution in [-0.4, -0.2) is 21.7 Å². The lowest BCUT2D eigenvalue weighted by molar-refractivity contribution is 0.588. The third kappa shape index (κ3) is 4.59. The van der Waals surface area contributed by atoms with Crippen molar-refractivity contribution in [2.24, 2.45) is 4.99 Å². The Morgan fingerprint density at radius 2 is 1.95 bits per heavy atom. The van der Waals surface area contributed by atoms with Crippen molar-refractivity contribution in [3.8, 4) is 0 Å². The van der Waals surface area contributed by atoms with Crippen LogP contribution in [0, 0.1) is 0 Å². The summed E-state index contributed by atoms with van der Waals surface area (Å²) >= 11 is 0. The van der Waals surface area contributed by atoms with Gasteiger partial charge in [0.15, 0.2) is 0 Å². The highest BCUT2D eigenvalue weighted by atomic mass is 32.2. The normalized spacial score (nSPS) is 11.9. The summed E-state index contributed by atoms with van der Waals surface area (Å²) < 4.78 is 26.3. The summed E-state index contributed by atoms with van der Waals surface area (Å²) in [5.41, 5.74) is 0.837. The average Bonchev–Trinajstić information content (AvgIpc) is 2.38. The fourth-order valence-corrected chi connectivity index (χ4v) is 2.24. The topological polar surface area (TPSA) is 70.6 Å². The number of hydrogen-bond acceptors (Lipinski definition) is 4. The Balaban J connectivity index is 2.83. The molecule has 6 heteroatoms. The molecular formula is C13H17N3O2S. The zero-order valence-electron chi connectivity index (χ0n) is 10.9. The van der Waals surface area contributed by atoms with Gasteiger partial charge in [-0.25, -0.2) is 13.4 Å². The molecule has 19 heavy (non-hydrogen) atoms. The standard InChI is InChI=1S/C13H17N3O2S/c1-4-5-10-15-11(2)16-19(17,18)13-8-6-12(14-3)7-9-13/h4-10,14,16H,2H2,1,3H3/b5-4-,15-10?. The molecule has 0 fully saturated rings. The maximum Gasteiger partial charge on any atom is 0.263 e. The van der Waals surface area contributed by atoms with Gasteiger partial charge in [-0.1, -0.05) is 12.7 Å². The van der Waals surface area contributed by atoms with E-state index < -0.39 is 10.0 Å². The van der Waals surface area contributed by atoms with Crippen LogP contribution in [0.5, 0.6) is 0 Å². The Kier molecular flexibility index (Phi) is 5.32. The van der Waals surface area contributed by atoms with Gasteiger partial charge >= 0.3 is 0 Å². The van der Waals surface area contributed by atoms with Crippen LogP contribution in [0.15, 0.2) is 58.7 Å². The zero-order valence-corrected chi connectivity index (χ0v) is 11.7. The van der Waals surface area contributed by atoms with Crippen molar-refractivity contribution in [3.63, 3.8) is 0 Å². The fraction of sp³-hybridized carbons (Fsp3) is 0.154. The van der Waals surface area contributed by atoms with E-state index in [1.807, 2.05) is 6.92 Å². The van der Waals surface area contributed by atoms with Crippen molar-refractivity contribution < 1.29 is 8.42 Å². The number of sulfonamides is 1. The lowest BCUT2D eigenvalue weighted by Crippen LogP contribution is -2.21. The summed E-state index contributed by atoms with van der Waals surface area (Å²) in [4.78, 5) is 4.01. The third-order valence-corrected chi connectivity index (χ3v) is 3.61. The quantitative estimate of drug-likeness (QED) is 0.784. The highest BCUT2D eigenvalue weighted by molar-refractivity contribution is 7.89. The molecule has 0 amide bonds. The molecule has 0 spiro atoms. The minimum Gasteiger partial charge on any atom is -0.388 e. The number of rotatable bonds is 6. The number of nitrogens with zero attached hydrogens (tertiary/aromatic N) is 1. The first kappa shape index (κ1) is 15.0. The van der Waals surface area contributed by atoms with E-state index in [4.69, 9.17) is 0 Å². The molecule has 0 atom stereocenters. The fourth-order valence-electron chi connectivity index (χ4n) is 1.26. The van der Waals surface area contributed by atoms with E-state index in [0.717, 1.165) is 5.69 Å². The molecule has 1 aromatic rings. The van der Waals surface area contributed by atoms with Gasteiger partial charge in [0.1, 0.15) is 5.82 Å². The smallest absolute Gasteiger partial charge is 0.263 e. The van der Waals surface area contributed by atoms with E-state index in [-0.39, 0.29) is 10.7 Å². The van der Waals surface area contributed by atoms with Crippen molar-refractivity contribution >= 4 is 21.9 Å². The van der Waals surface area contributed by atoms with Crippen molar-refractivity contribution in [3.05, 3.63) is 48.8 Å². The van der Waals surface area contributed by atoms with E-state index in [0.29, 0.717) is 0 Å². The molecule has 1 aromatic carbocycles. The molecule has 0 saturated heterocycles. The lowest BCUT2D eigenvalue weighted by atomic mass is 10.3. The number of allylic oxidation sites excluding steroid dienone is 2. The maximum atomic E-state index is 12.0. The van der Waals surface area contributed by atoms with Crippen LogP contribution >= 0.6 is 0 Å². The number of hydrogen-bond donors (Lipinski definition) is 2. The van der Waals surface area contributed by atoms with Crippen LogP contribution in [0.25, 0.3) is 0 Å². The Hall–Kier alpha value is -2.08. The van der Waals surface area contributed by atoms with Crippen molar-refractivity contribution in [1.82, 2.24) is 4.72 Å². The lowest BCUT2D eigenvalue weighted by Gasteiger charge is -2.07. The average molecular weight is 279 g/mol. The highest BCUT2D eigenvalue weighted by Gasteiger charge is 2.13. The van der Waals surface area contributed by atoms with Crippen LogP contribution in [0.1, 0.15) is 6.92 Å². The molecule has 0 aliphatic heterocycles. The summed E-state index contributed by atoms with van der Waals surface area (Å²) in [6, 6.07) is 6.38. The summed E-state index contributed by atoms with van der Waals surface area (Å²) in [6.07, 6.45) is 4.93. The van der Waals surface area contributed by atoms with Crippen LogP contribution < -0.4 is 10.0 Å². The Labute approximate surface area is 113 Å². The zero-order chi connectivity index (χ0) is 14.3. The van der Waals surface area contributed by atoms with Crippen molar-refractivity contribution in [2.75, 3.05) is 12.4 Å². The molecule has 0 radical (unpaired) electrons.